The van der Waals surface area contributed by atoms with Crippen LogP contribution in [0, 0.1) is 0 Å². The van der Waals surface area contributed by atoms with E-state index in [1.54, 1.807) is 32.0 Å². The monoisotopic (exact) mass is 429 g/mol. The third kappa shape index (κ3) is 3.30. The van der Waals surface area contributed by atoms with Crippen LogP contribution < -0.4 is 14.2 Å². The number of ether oxygens (including phenoxy) is 3. The lowest BCUT2D eigenvalue weighted by Crippen LogP contribution is -2.01. The van der Waals surface area contributed by atoms with Crippen molar-refractivity contribution in [1.82, 2.24) is 24.6 Å². The van der Waals surface area contributed by atoms with Crippen molar-refractivity contribution in [1.29, 1.82) is 0 Å². The minimum atomic E-state index is 0.525. The lowest BCUT2D eigenvalue weighted by molar-refractivity contribution is 0.325. The molecule has 0 radical (unpaired) electrons. The number of para-hydroxylation sites is 1. The third-order valence-corrected chi connectivity index (χ3v) is 5.56. The van der Waals surface area contributed by atoms with E-state index in [9.17, 15) is 0 Å². The highest BCUT2D eigenvalue weighted by Crippen LogP contribution is 2.44. The molecule has 2 aromatic carbocycles. The molecule has 1 N–H and O–H groups in total. The highest BCUT2D eigenvalue weighted by Gasteiger charge is 2.20. The molecule has 0 bridgehead atoms. The van der Waals surface area contributed by atoms with E-state index in [-0.39, 0.29) is 0 Å². The van der Waals surface area contributed by atoms with Crippen molar-refractivity contribution in [3.63, 3.8) is 0 Å². The quantitative estimate of drug-likeness (QED) is 0.419. The summed E-state index contributed by atoms with van der Waals surface area (Å²) in [6, 6.07) is 13.9. The van der Waals surface area contributed by atoms with Gasteiger partial charge in [-0.3, -0.25) is 0 Å². The first-order chi connectivity index (χ1) is 15.7. The van der Waals surface area contributed by atoms with Gasteiger partial charge in [0.1, 0.15) is 0 Å². The normalized spacial score (nSPS) is 11.2. The standard InChI is InChI=1S/C24H23N5O3/c1-30-20-10-9-17(22(31-2)23(20)32-3)19-12-13-25-24-27-21(28-29(19)24)11-8-15-14-26-18-7-5-4-6-16(15)18/h4-7,9-10,12-14,26H,8,11H2,1-3H3. The van der Waals surface area contributed by atoms with Crippen LogP contribution in [-0.4, -0.2) is 45.9 Å². The van der Waals surface area contributed by atoms with Crippen molar-refractivity contribution in [3.8, 4) is 28.5 Å². The molecule has 3 heterocycles. The van der Waals surface area contributed by atoms with Crippen molar-refractivity contribution < 1.29 is 14.2 Å². The molecule has 0 saturated heterocycles. The van der Waals surface area contributed by atoms with Crippen LogP contribution in [0.1, 0.15) is 11.4 Å². The minimum absolute atomic E-state index is 0.525. The largest absolute Gasteiger partial charge is 0.493 e. The van der Waals surface area contributed by atoms with Gasteiger partial charge in [0.15, 0.2) is 17.3 Å². The number of rotatable bonds is 7. The maximum atomic E-state index is 5.67. The number of nitrogens with zero attached hydrogens (tertiary/aromatic N) is 4. The average Bonchev–Trinajstić information content (AvgIpc) is 3.45. The first kappa shape index (κ1) is 19.9. The van der Waals surface area contributed by atoms with Gasteiger partial charge in [-0.2, -0.15) is 9.50 Å². The van der Waals surface area contributed by atoms with Crippen molar-refractivity contribution >= 4 is 16.7 Å². The van der Waals surface area contributed by atoms with E-state index < -0.39 is 0 Å². The van der Waals surface area contributed by atoms with E-state index in [1.807, 2.05) is 24.3 Å². The van der Waals surface area contributed by atoms with E-state index in [4.69, 9.17) is 19.3 Å². The van der Waals surface area contributed by atoms with Gasteiger partial charge in [0.2, 0.25) is 5.75 Å². The van der Waals surface area contributed by atoms with Gasteiger partial charge in [0.05, 0.1) is 27.0 Å². The van der Waals surface area contributed by atoms with Crippen molar-refractivity contribution in [2.24, 2.45) is 0 Å². The molecule has 162 valence electrons. The van der Waals surface area contributed by atoms with Gasteiger partial charge in [0, 0.05) is 35.3 Å². The number of methoxy groups -OCH3 is 3. The Morgan fingerprint density at radius 3 is 2.56 bits per heavy atom. The number of H-pyrrole nitrogens is 1. The molecule has 0 aliphatic carbocycles. The Labute approximate surface area is 184 Å². The number of hydrogen-bond acceptors (Lipinski definition) is 6. The van der Waals surface area contributed by atoms with Crippen molar-refractivity contribution in [2.45, 2.75) is 12.8 Å². The van der Waals surface area contributed by atoms with E-state index >= 15 is 0 Å². The fraction of sp³-hybridized carbons (Fsp3) is 0.208. The van der Waals surface area contributed by atoms with Gasteiger partial charge < -0.3 is 19.2 Å². The van der Waals surface area contributed by atoms with Crippen molar-refractivity contribution in [2.75, 3.05) is 21.3 Å². The molecular weight excluding hydrogens is 406 g/mol. The van der Waals surface area contributed by atoms with Crippen LogP contribution in [0.2, 0.25) is 0 Å². The number of aromatic amines is 1. The van der Waals surface area contributed by atoms with Gasteiger partial charge in [-0.05, 0) is 36.2 Å². The predicted octanol–water partition coefficient (Wildman–Crippen LogP) is 4.08. The van der Waals surface area contributed by atoms with E-state index in [2.05, 4.69) is 39.3 Å². The average molecular weight is 429 g/mol. The highest BCUT2D eigenvalue weighted by atomic mass is 16.5. The Bertz CT molecular complexity index is 1410. The Kier molecular flexibility index (Phi) is 5.10. The molecule has 0 amide bonds. The zero-order valence-corrected chi connectivity index (χ0v) is 18.1. The van der Waals surface area contributed by atoms with Crippen LogP contribution in [0.15, 0.2) is 54.9 Å². The molecule has 0 aliphatic rings. The van der Waals surface area contributed by atoms with Crippen LogP contribution in [0.25, 0.3) is 27.9 Å². The summed E-state index contributed by atoms with van der Waals surface area (Å²) in [5.74, 6) is 2.95. The number of aryl methyl sites for hydroxylation is 2. The Morgan fingerprint density at radius 1 is 0.906 bits per heavy atom. The third-order valence-electron chi connectivity index (χ3n) is 5.56. The number of benzene rings is 2. The highest BCUT2D eigenvalue weighted by molar-refractivity contribution is 5.83. The second-order valence-electron chi connectivity index (χ2n) is 7.31. The fourth-order valence-electron chi connectivity index (χ4n) is 4.03. The van der Waals surface area contributed by atoms with Crippen LogP contribution in [0.3, 0.4) is 0 Å². The number of nitrogens with one attached hydrogen (secondary N) is 1. The topological polar surface area (TPSA) is 86.6 Å². The molecule has 8 heteroatoms. The number of aromatic nitrogens is 5. The maximum Gasteiger partial charge on any atom is 0.252 e. The maximum absolute atomic E-state index is 5.67. The summed E-state index contributed by atoms with van der Waals surface area (Å²) >= 11 is 0. The number of fused-ring (bicyclic) bond motifs is 2. The first-order valence-electron chi connectivity index (χ1n) is 10.3. The summed E-state index contributed by atoms with van der Waals surface area (Å²) in [6.07, 6.45) is 5.31. The number of hydrogen-bond donors (Lipinski definition) is 1. The minimum Gasteiger partial charge on any atom is -0.493 e. The summed E-state index contributed by atoms with van der Waals surface area (Å²) in [7, 11) is 4.79. The molecule has 0 fully saturated rings. The molecule has 0 unspecified atom stereocenters. The summed E-state index contributed by atoms with van der Waals surface area (Å²) in [5, 5.41) is 5.97. The molecule has 5 rings (SSSR count). The second kappa shape index (κ2) is 8.22. The molecule has 5 aromatic rings. The molecule has 0 spiro atoms. The summed E-state index contributed by atoms with van der Waals surface area (Å²) in [6.45, 7) is 0. The summed E-state index contributed by atoms with van der Waals surface area (Å²) in [5.41, 5.74) is 3.99. The van der Waals surface area contributed by atoms with Crippen LogP contribution in [-0.2, 0) is 12.8 Å². The van der Waals surface area contributed by atoms with Crippen LogP contribution >= 0.6 is 0 Å². The molecule has 32 heavy (non-hydrogen) atoms. The lowest BCUT2D eigenvalue weighted by Gasteiger charge is -2.16. The lowest BCUT2D eigenvalue weighted by atomic mass is 10.1. The van der Waals surface area contributed by atoms with Gasteiger partial charge in [-0.15, -0.1) is 5.10 Å². The molecular formula is C24H23N5O3. The van der Waals surface area contributed by atoms with Gasteiger partial charge in [-0.25, -0.2) is 4.98 Å². The SMILES string of the molecule is COc1ccc(-c2ccnc3nc(CCc4c[nH]c5ccccc45)nn23)c(OC)c1OC. The van der Waals surface area contributed by atoms with Crippen LogP contribution in [0.5, 0.6) is 17.2 Å². The van der Waals surface area contributed by atoms with Crippen LogP contribution in [0.4, 0.5) is 0 Å². The zero-order valence-electron chi connectivity index (χ0n) is 18.1. The molecule has 3 aromatic heterocycles. The van der Waals surface area contributed by atoms with Gasteiger partial charge in [0.25, 0.3) is 5.78 Å². The van der Waals surface area contributed by atoms with E-state index in [1.165, 1.54) is 10.9 Å². The first-order valence-corrected chi connectivity index (χ1v) is 10.3. The van der Waals surface area contributed by atoms with E-state index in [0.29, 0.717) is 29.4 Å². The molecule has 0 aliphatic heterocycles. The fourth-order valence-corrected chi connectivity index (χ4v) is 4.03. The molecule has 0 atom stereocenters. The molecule has 0 saturated carbocycles. The Morgan fingerprint density at radius 2 is 1.75 bits per heavy atom. The van der Waals surface area contributed by atoms with Gasteiger partial charge >= 0.3 is 0 Å². The zero-order chi connectivity index (χ0) is 22.1. The van der Waals surface area contributed by atoms with Gasteiger partial charge in [-0.1, -0.05) is 18.2 Å². The smallest absolute Gasteiger partial charge is 0.252 e. The Hall–Kier alpha value is -4.07. The summed E-state index contributed by atoms with van der Waals surface area (Å²) < 4.78 is 18.4. The second-order valence-corrected chi connectivity index (χ2v) is 7.31. The Balaban J connectivity index is 1.51. The predicted molar refractivity (Wildman–Crippen MR) is 122 cm³/mol. The van der Waals surface area contributed by atoms with E-state index in [0.717, 1.165) is 29.0 Å². The molecule has 8 nitrogen and oxygen atoms in total. The van der Waals surface area contributed by atoms with Crippen molar-refractivity contribution in [3.05, 3.63) is 66.2 Å². The summed E-state index contributed by atoms with van der Waals surface area (Å²) in [4.78, 5) is 12.4.